The topological polar surface area (TPSA) is 89.3 Å². The summed E-state index contributed by atoms with van der Waals surface area (Å²) in [6.07, 6.45) is 1.93. The maximum atomic E-state index is 13.5. The lowest BCUT2D eigenvalue weighted by Gasteiger charge is -2.27. The monoisotopic (exact) mass is 518 g/mol. The molecule has 0 unspecified atom stereocenters. The number of amides is 1. The number of methoxy groups -OCH3 is 1. The van der Waals surface area contributed by atoms with E-state index >= 15 is 0 Å². The van der Waals surface area contributed by atoms with Crippen molar-refractivity contribution >= 4 is 15.9 Å². The van der Waals surface area contributed by atoms with Gasteiger partial charge in [-0.15, -0.1) is 0 Å². The molecular weight excluding hydrogens is 487 g/mol. The van der Waals surface area contributed by atoms with Gasteiger partial charge in [-0.05, 0) is 67.4 Å². The molecule has 0 atom stereocenters. The number of carbonyl (C=O) groups excluding carboxylic acids is 1. The molecule has 0 spiro atoms. The zero-order valence-corrected chi connectivity index (χ0v) is 21.2. The first kappa shape index (κ1) is 27.4. The fourth-order valence-electron chi connectivity index (χ4n) is 3.55. The molecular formula is C26H31FN2O6S. The highest BCUT2D eigenvalue weighted by Gasteiger charge is 2.29. The molecule has 0 bridgehead atoms. The Morgan fingerprint density at radius 1 is 1.03 bits per heavy atom. The Labute approximate surface area is 211 Å². The first-order chi connectivity index (χ1) is 17.3. The Bertz CT molecular complexity index is 1180. The number of halogens is 1. The van der Waals surface area contributed by atoms with Gasteiger partial charge < -0.3 is 18.8 Å². The molecule has 2 aromatic carbocycles. The van der Waals surface area contributed by atoms with E-state index in [0.29, 0.717) is 36.7 Å². The number of hydrogen-bond donors (Lipinski definition) is 0. The van der Waals surface area contributed by atoms with Crippen LogP contribution >= 0.6 is 0 Å². The van der Waals surface area contributed by atoms with Crippen LogP contribution in [-0.2, 0) is 32.6 Å². The van der Waals surface area contributed by atoms with Gasteiger partial charge in [-0.2, -0.15) is 4.31 Å². The average Bonchev–Trinajstić information content (AvgIpc) is 3.40. The Hall–Kier alpha value is -3.21. The van der Waals surface area contributed by atoms with Gasteiger partial charge in [-0.3, -0.25) is 4.79 Å². The standard InChI is InChI=1S/C26H31FN2O6S/c1-3-34-16-5-15-29(36(31,32)25-13-11-23(33-2)12-14-25)20-26(30)28(19-24-6-4-17-35-24)18-21-7-9-22(27)10-8-21/h4,6-14,17H,3,5,15-16,18-20H2,1-2H3. The molecule has 0 radical (unpaired) electrons. The van der Waals surface area contributed by atoms with E-state index in [2.05, 4.69) is 0 Å². The summed E-state index contributed by atoms with van der Waals surface area (Å²) in [4.78, 5) is 15.0. The normalized spacial score (nSPS) is 11.6. The number of carbonyl (C=O) groups is 1. The number of benzene rings is 2. The quantitative estimate of drug-likeness (QED) is 0.299. The van der Waals surface area contributed by atoms with E-state index in [1.807, 2.05) is 6.92 Å². The van der Waals surface area contributed by atoms with Crippen molar-refractivity contribution in [3.63, 3.8) is 0 Å². The Kier molecular flexibility index (Phi) is 10.0. The molecule has 0 aliphatic rings. The third-order valence-electron chi connectivity index (χ3n) is 5.48. The average molecular weight is 519 g/mol. The third kappa shape index (κ3) is 7.64. The maximum Gasteiger partial charge on any atom is 0.243 e. The third-order valence-corrected chi connectivity index (χ3v) is 7.33. The summed E-state index contributed by atoms with van der Waals surface area (Å²) in [5.41, 5.74) is 0.706. The van der Waals surface area contributed by atoms with Gasteiger partial charge in [0, 0.05) is 26.3 Å². The van der Waals surface area contributed by atoms with Crippen molar-refractivity contribution in [2.75, 3.05) is 33.4 Å². The Balaban J connectivity index is 1.84. The zero-order chi connectivity index (χ0) is 26.0. The van der Waals surface area contributed by atoms with E-state index in [0.717, 1.165) is 4.31 Å². The second-order valence-electron chi connectivity index (χ2n) is 8.02. The Morgan fingerprint density at radius 2 is 1.75 bits per heavy atom. The van der Waals surface area contributed by atoms with Gasteiger partial charge in [0.05, 0.1) is 31.4 Å². The SMILES string of the molecule is CCOCCCN(CC(=O)N(Cc1ccc(F)cc1)Cc1ccco1)S(=O)(=O)c1ccc(OC)cc1. The minimum Gasteiger partial charge on any atom is -0.497 e. The molecule has 1 aromatic heterocycles. The molecule has 0 aliphatic carbocycles. The predicted octanol–water partition coefficient (Wildman–Crippen LogP) is 4.07. The van der Waals surface area contributed by atoms with Crippen LogP contribution in [0.2, 0.25) is 0 Å². The van der Waals surface area contributed by atoms with Gasteiger partial charge in [0.2, 0.25) is 15.9 Å². The summed E-state index contributed by atoms with van der Waals surface area (Å²) in [6.45, 7) is 2.77. The van der Waals surface area contributed by atoms with Crippen LogP contribution < -0.4 is 4.74 Å². The number of rotatable bonds is 14. The van der Waals surface area contributed by atoms with Gasteiger partial charge in [0.1, 0.15) is 17.3 Å². The summed E-state index contributed by atoms with van der Waals surface area (Å²) in [6, 6.07) is 15.3. The minimum absolute atomic E-state index is 0.0589. The molecule has 1 amide bonds. The lowest BCUT2D eigenvalue weighted by molar-refractivity contribution is -0.133. The molecule has 194 valence electrons. The first-order valence-corrected chi connectivity index (χ1v) is 13.0. The molecule has 8 nitrogen and oxygen atoms in total. The molecule has 0 saturated carbocycles. The highest BCUT2D eigenvalue weighted by molar-refractivity contribution is 7.89. The van der Waals surface area contributed by atoms with E-state index in [1.54, 1.807) is 36.4 Å². The van der Waals surface area contributed by atoms with Crippen LogP contribution in [0, 0.1) is 5.82 Å². The molecule has 36 heavy (non-hydrogen) atoms. The maximum absolute atomic E-state index is 13.5. The highest BCUT2D eigenvalue weighted by atomic mass is 32.2. The van der Waals surface area contributed by atoms with E-state index in [4.69, 9.17) is 13.9 Å². The number of sulfonamides is 1. The van der Waals surface area contributed by atoms with Crippen LogP contribution in [0.25, 0.3) is 0 Å². The van der Waals surface area contributed by atoms with Crippen LogP contribution in [-0.4, -0.2) is 56.9 Å². The highest BCUT2D eigenvalue weighted by Crippen LogP contribution is 2.21. The van der Waals surface area contributed by atoms with Crippen molar-refractivity contribution in [3.05, 3.63) is 84.1 Å². The zero-order valence-electron chi connectivity index (χ0n) is 20.4. The second-order valence-corrected chi connectivity index (χ2v) is 9.96. The smallest absolute Gasteiger partial charge is 0.243 e. The summed E-state index contributed by atoms with van der Waals surface area (Å²) in [5, 5.41) is 0. The number of ether oxygens (including phenoxy) is 2. The molecule has 10 heteroatoms. The molecule has 3 aromatic rings. The lowest BCUT2D eigenvalue weighted by Crippen LogP contribution is -2.43. The number of hydrogen-bond acceptors (Lipinski definition) is 6. The van der Waals surface area contributed by atoms with Gasteiger partial charge in [0.25, 0.3) is 0 Å². The number of nitrogens with zero attached hydrogens (tertiary/aromatic N) is 2. The summed E-state index contributed by atoms with van der Waals surface area (Å²) < 4.78 is 57.4. The van der Waals surface area contributed by atoms with Gasteiger partial charge >= 0.3 is 0 Å². The van der Waals surface area contributed by atoms with Crippen LogP contribution in [0.5, 0.6) is 5.75 Å². The van der Waals surface area contributed by atoms with Crippen molar-refractivity contribution in [2.24, 2.45) is 0 Å². The van der Waals surface area contributed by atoms with E-state index in [9.17, 15) is 17.6 Å². The van der Waals surface area contributed by atoms with Crippen molar-refractivity contribution in [3.8, 4) is 5.75 Å². The second kappa shape index (κ2) is 13.2. The van der Waals surface area contributed by atoms with Crippen LogP contribution in [0.3, 0.4) is 0 Å². The molecule has 0 fully saturated rings. The van der Waals surface area contributed by atoms with E-state index in [-0.39, 0.29) is 36.9 Å². The predicted molar refractivity (Wildman–Crippen MR) is 132 cm³/mol. The summed E-state index contributed by atoms with van der Waals surface area (Å²) >= 11 is 0. The molecule has 0 N–H and O–H groups in total. The molecule has 0 saturated heterocycles. The fraction of sp³-hybridized carbons (Fsp3) is 0.346. The first-order valence-electron chi connectivity index (χ1n) is 11.6. The van der Waals surface area contributed by atoms with E-state index in [1.165, 1.54) is 42.5 Å². The molecule has 1 heterocycles. The van der Waals surface area contributed by atoms with Crippen molar-refractivity contribution in [1.82, 2.24) is 9.21 Å². The van der Waals surface area contributed by atoms with Crippen LogP contribution in [0.1, 0.15) is 24.7 Å². The van der Waals surface area contributed by atoms with Crippen molar-refractivity contribution in [2.45, 2.75) is 31.3 Å². The Morgan fingerprint density at radius 3 is 2.36 bits per heavy atom. The minimum atomic E-state index is -3.98. The number of furan rings is 1. The molecule has 0 aliphatic heterocycles. The summed E-state index contributed by atoms with van der Waals surface area (Å²) in [5.74, 6) is 0.279. The van der Waals surface area contributed by atoms with Crippen LogP contribution in [0.15, 0.2) is 76.2 Å². The molecule has 3 rings (SSSR count). The lowest BCUT2D eigenvalue weighted by atomic mass is 10.2. The van der Waals surface area contributed by atoms with Crippen molar-refractivity contribution < 1.29 is 31.5 Å². The van der Waals surface area contributed by atoms with E-state index < -0.39 is 15.9 Å². The van der Waals surface area contributed by atoms with Crippen LogP contribution in [0.4, 0.5) is 4.39 Å². The van der Waals surface area contributed by atoms with Gasteiger partial charge in [-0.25, -0.2) is 12.8 Å². The summed E-state index contributed by atoms with van der Waals surface area (Å²) in [7, 11) is -2.48. The fourth-order valence-corrected chi connectivity index (χ4v) is 4.98. The van der Waals surface area contributed by atoms with Gasteiger partial charge in [0.15, 0.2) is 0 Å². The van der Waals surface area contributed by atoms with Gasteiger partial charge in [-0.1, -0.05) is 12.1 Å². The largest absolute Gasteiger partial charge is 0.497 e. The van der Waals surface area contributed by atoms with Crippen molar-refractivity contribution in [1.29, 1.82) is 0 Å².